The van der Waals surface area contributed by atoms with Gasteiger partial charge in [0.25, 0.3) is 5.91 Å². The van der Waals surface area contributed by atoms with Crippen LogP contribution in [-0.4, -0.2) is 33.3 Å². The van der Waals surface area contributed by atoms with Crippen LogP contribution in [0, 0.1) is 6.92 Å². The third-order valence-corrected chi connectivity index (χ3v) is 4.16. The average molecular weight is 306 g/mol. The summed E-state index contributed by atoms with van der Waals surface area (Å²) in [6.07, 6.45) is 0.158. The molecule has 0 N–H and O–H groups in total. The molecule has 0 aliphatic carbocycles. The number of hydrogen-bond donors (Lipinski definition) is 0. The Morgan fingerprint density at radius 1 is 1.38 bits per heavy atom. The quantitative estimate of drug-likeness (QED) is 0.633. The topological polar surface area (TPSA) is 55.2 Å². The van der Waals surface area contributed by atoms with Crippen LogP contribution >= 0.6 is 11.6 Å². The zero-order valence-corrected chi connectivity index (χ0v) is 12.9. The van der Waals surface area contributed by atoms with Gasteiger partial charge in [-0.15, -0.1) is 11.6 Å². The van der Waals surface area contributed by atoms with E-state index < -0.39 is 6.04 Å². The van der Waals surface area contributed by atoms with Crippen LogP contribution in [0.1, 0.15) is 36.2 Å². The maximum absolute atomic E-state index is 12.4. The predicted octanol–water partition coefficient (Wildman–Crippen LogP) is 2.57. The molecule has 110 valence electrons. The van der Waals surface area contributed by atoms with E-state index in [9.17, 15) is 9.59 Å². The number of hydrogen-bond acceptors (Lipinski definition) is 3. The van der Waals surface area contributed by atoms with Crippen LogP contribution in [-0.2, 0) is 9.59 Å². The standard InChI is InChI=1S/C15H16ClN3O2/c1-8-5-4-6-10-13(8)19(14(17-10)9(2)16)11-7-12(20)18(3)15(11)21/h4-6,9,11H,7H2,1-3H3. The summed E-state index contributed by atoms with van der Waals surface area (Å²) < 4.78 is 1.84. The predicted molar refractivity (Wildman–Crippen MR) is 80.2 cm³/mol. The number of likely N-dealkylation sites (N-methyl/N-ethyl adjacent to an activating group) is 1. The maximum atomic E-state index is 12.4. The fourth-order valence-corrected chi connectivity index (χ4v) is 3.03. The van der Waals surface area contributed by atoms with Gasteiger partial charge in [-0.05, 0) is 25.5 Å². The number of aryl methyl sites for hydroxylation is 1. The first kappa shape index (κ1) is 14.1. The maximum Gasteiger partial charge on any atom is 0.252 e. The van der Waals surface area contributed by atoms with Crippen molar-refractivity contribution in [2.24, 2.45) is 0 Å². The van der Waals surface area contributed by atoms with Crippen LogP contribution in [0.25, 0.3) is 11.0 Å². The van der Waals surface area contributed by atoms with E-state index in [4.69, 9.17) is 11.6 Å². The molecule has 2 unspecified atom stereocenters. The van der Waals surface area contributed by atoms with Crippen molar-refractivity contribution in [1.82, 2.24) is 14.5 Å². The Balaban J connectivity index is 2.28. The molecule has 0 saturated carbocycles. The molecule has 2 amide bonds. The molecule has 2 heterocycles. The summed E-state index contributed by atoms with van der Waals surface area (Å²) in [6, 6.07) is 5.23. The number of nitrogens with zero attached hydrogens (tertiary/aromatic N) is 3. The highest BCUT2D eigenvalue weighted by Gasteiger charge is 2.39. The Kier molecular flexibility index (Phi) is 3.24. The lowest BCUT2D eigenvalue weighted by atomic mass is 10.1. The van der Waals surface area contributed by atoms with Crippen molar-refractivity contribution in [2.45, 2.75) is 31.7 Å². The summed E-state index contributed by atoms with van der Waals surface area (Å²) in [7, 11) is 1.51. The second kappa shape index (κ2) is 4.84. The van der Waals surface area contributed by atoms with Gasteiger partial charge in [0.05, 0.1) is 22.8 Å². The fraction of sp³-hybridized carbons (Fsp3) is 0.400. The van der Waals surface area contributed by atoms with Gasteiger partial charge in [-0.25, -0.2) is 4.98 Å². The first-order chi connectivity index (χ1) is 9.91. The highest BCUT2D eigenvalue weighted by atomic mass is 35.5. The zero-order valence-electron chi connectivity index (χ0n) is 12.1. The Bertz CT molecular complexity index is 751. The Hall–Kier alpha value is -1.88. The van der Waals surface area contributed by atoms with Crippen molar-refractivity contribution in [3.05, 3.63) is 29.6 Å². The Morgan fingerprint density at radius 2 is 2.10 bits per heavy atom. The van der Waals surface area contributed by atoms with Gasteiger partial charge in [-0.1, -0.05) is 12.1 Å². The minimum Gasteiger partial charge on any atom is -0.313 e. The Morgan fingerprint density at radius 3 is 2.67 bits per heavy atom. The van der Waals surface area contributed by atoms with Crippen LogP contribution < -0.4 is 0 Å². The molecule has 1 aliphatic heterocycles. The van der Waals surface area contributed by atoms with Crippen LogP contribution in [0.3, 0.4) is 0 Å². The number of carbonyl (C=O) groups is 2. The molecule has 1 fully saturated rings. The third-order valence-electron chi connectivity index (χ3n) is 3.96. The second-order valence-corrected chi connectivity index (χ2v) is 6.06. The number of fused-ring (bicyclic) bond motifs is 1. The molecule has 2 atom stereocenters. The number of imide groups is 1. The van der Waals surface area contributed by atoms with Crippen molar-refractivity contribution >= 4 is 34.4 Å². The summed E-state index contributed by atoms with van der Waals surface area (Å²) in [5.74, 6) is 0.247. The summed E-state index contributed by atoms with van der Waals surface area (Å²) >= 11 is 6.24. The molecule has 1 saturated heterocycles. The molecule has 21 heavy (non-hydrogen) atoms. The molecule has 1 aromatic heterocycles. The van der Waals surface area contributed by atoms with Gasteiger partial charge in [0.1, 0.15) is 11.9 Å². The molecular weight excluding hydrogens is 290 g/mol. The number of alkyl halides is 1. The van der Waals surface area contributed by atoms with Crippen LogP contribution in [0.2, 0.25) is 0 Å². The minimum atomic E-state index is -0.551. The number of amides is 2. The lowest BCUT2D eigenvalue weighted by molar-refractivity contribution is -0.137. The van der Waals surface area contributed by atoms with E-state index in [0.717, 1.165) is 16.6 Å². The van der Waals surface area contributed by atoms with Crippen molar-refractivity contribution in [3.63, 3.8) is 0 Å². The first-order valence-electron chi connectivity index (χ1n) is 6.83. The van der Waals surface area contributed by atoms with Crippen LogP contribution in [0.4, 0.5) is 0 Å². The number of rotatable bonds is 2. The van der Waals surface area contributed by atoms with E-state index in [0.29, 0.717) is 5.82 Å². The SMILES string of the molecule is Cc1cccc2nc(C(C)Cl)n(C3CC(=O)N(C)C3=O)c12. The number of aromatic nitrogens is 2. The highest BCUT2D eigenvalue weighted by Crippen LogP contribution is 2.34. The van der Waals surface area contributed by atoms with Gasteiger partial charge >= 0.3 is 0 Å². The van der Waals surface area contributed by atoms with E-state index in [1.165, 1.54) is 11.9 Å². The zero-order chi connectivity index (χ0) is 15.3. The van der Waals surface area contributed by atoms with Crippen molar-refractivity contribution < 1.29 is 9.59 Å². The van der Waals surface area contributed by atoms with Crippen molar-refractivity contribution in [3.8, 4) is 0 Å². The number of halogens is 1. The largest absolute Gasteiger partial charge is 0.313 e. The second-order valence-electron chi connectivity index (χ2n) is 5.41. The van der Waals surface area contributed by atoms with Gasteiger partial charge in [-0.2, -0.15) is 0 Å². The smallest absolute Gasteiger partial charge is 0.252 e. The molecule has 2 aromatic rings. The monoisotopic (exact) mass is 305 g/mol. The molecule has 5 nitrogen and oxygen atoms in total. The lowest BCUT2D eigenvalue weighted by Gasteiger charge is -2.16. The molecule has 1 aromatic carbocycles. The van der Waals surface area contributed by atoms with Gasteiger partial charge in [0.2, 0.25) is 5.91 Å². The number of likely N-dealkylation sites (tertiary alicyclic amines) is 1. The van der Waals surface area contributed by atoms with Gasteiger partial charge < -0.3 is 4.57 Å². The van der Waals surface area contributed by atoms with Gasteiger partial charge in [-0.3, -0.25) is 14.5 Å². The minimum absolute atomic E-state index is 0.158. The fourth-order valence-electron chi connectivity index (χ4n) is 2.87. The molecule has 0 spiro atoms. The average Bonchev–Trinajstić information content (AvgIpc) is 2.93. The van der Waals surface area contributed by atoms with Gasteiger partial charge in [0.15, 0.2) is 0 Å². The summed E-state index contributed by atoms with van der Waals surface area (Å²) in [5.41, 5.74) is 2.69. The van der Waals surface area contributed by atoms with Gasteiger partial charge in [0, 0.05) is 7.05 Å². The van der Waals surface area contributed by atoms with E-state index in [1.54, 1.807) is 0 Å². The number of imidazole rings is 1. The summed E-state index contributed by atoms with van der Waals surface area (Å²) in [6.45, 7) is 3.79. The van der Waals surface area contributed by atoms with E-state index in [2.05, 4.69) is 4.98 Å². The first-order valence-corrected chi connectivity index (χ1v) is 7.27. The molecular formula is C15H16ClN3O2. The summed E-state index contributed by atoms with van der Waals surface area (Å²) in [5, 5.41) is -0.342. The van der Waals surface area contributed by atoms with Crippen molar-refractivity contribution in [2.75, 3.05) is 7.05 Å². The van der Waals surface area contributed by atoms with E-state index in [1.807, 2.05) is 36.6 Å². The molecule has 3 rings (SSSR count). The highest BCUT2D eigenvalue weighted by molar-refractivity contribution is 6.20. The van der Waals surface area contributed by atoms with Crippen molar-refractivity contribution in [1.29, 1.82) is 0 Å². The molecule has 1 aliphatic rings. The number of para-hydroxylation sites is 1. The van der Waals surface area contributed by atoms with E-state index in [-0.39, 0.29) is 23.6 Å². The lowest BCUT2D eigenvalue weighted by Crippen LogP contribution is -2.27. The van der Waals surface area contributed by atoms with Crippen LogP contribution in [0.15, 0.2) is 18.2 Å². The van der Waals surface area contributed by atoms with Crippen LogP contribution in [0.5, 0.6) is 0 Å². The molecule has 0 radical (unpaired) electrons. The number of benzene rings is 1. The Labute approximate surface area is 127 Å². The number of carbonyl (C=O) groups excluding carboxylic acids is 2. The van der Waals surface area contributed by atoms with E-state index >= 15 is 0 Å². The normalized spacial score (nSPS) is 20.6. The summed E-state index contributed by atoms with van der Waals surface area (Å²) in [4.78, 5) is 29.9. The third kappa shape index (κ3) is 2.03. The molecule has 6 heteroatoms. The molecule has 0 bridgehead atoms.